The molecule has 0 saturated carbocycles. The maximum absolute atomic E-state index is 11.4. The standard InChI is InChI=1S/C25H36O3/c1-2-3-4-5-6-7-8-9-10-11-12-13-18-22-21-17-15-14-16-20(21)19-23(24(22)26)25(27)28/h14-17,19,26H,2-13,18H2,1H3,(H,27,28). The van der Waals surface area contributed by atoms with Gasteiger partial charge in [-0.25, -0.2) is 4.79 Å². The van der Waals surface area contributed by atoms with E-state index >= 15 is 0 Å². The molecule has 0 aromatic heterocycles. The number of hydrogen-bond acceptors (Lipinski definition) is 2. The van der Waals surface area contributed by atoms with E-state index in [1.807, 2.05) is 24.3 Å². The van der Waals surface area contributed by atoms with Crippen molar-refractivity contribution in [2.24, 2.45) is 0 Å². The van der Waals surface area contributed by atoms with E-state index in [0.717, 1.165) is 35.6 Å². The van der Waals surface area contributed by atoms with Gasteiger partial charge in [0.1, 0.15) is 11.3 Å². The molecule has 154 valence electrons. The van der Waals surface area contributed by atoms with Crippen LogP contribution in [0.1, 0.15) is 99.9 Å². The summed E-state index contributed by atoms with van der Waals surface area (Å²) >= 11 is 0. The minimum Gasteiger partial charge on any atom is -0.507 e. The van der Waals surface area contributed by atoms with E-state index in [0.29, 0.717) is 0 Å². The number of aryl methyl sites for hydroxylation is 1. The van der Waals surface area contributed by atoms with Gasteiger partial charge in [0.05, 0.1) is 0 Å². The number of fused-ring (bicyclic) bond motifs is 1. The van der Waals surface area contributed by atoms with E-state index in [2.05, 4.69) is 6.92 Å². The molecule has 0 aliphatic heterocycles. The van der Waals surface area contributed by atoms with Crippen LogP contribution in [0.4, 0.5) is 0 Å². The Labute approximate surface area is 169 Å². The van der Waals surface area contributed by atoms with Crippen molar-refractivity contribution in [1.29, 1.82) is 0 Å². The number of aromatic carboxylic acids is 1. The SMILES string of the molecule is CCCCCCCCCCCCCCc1c(O)c(C(=O)O)cc2ccccc12. The second-order valence-corrected chi connectivity index (χ2v) is 7.92. The molecule has 0 atom stereocenters. The molecule has 0 spiro atoms. The Morgan fingerprint density at radius 2 is 1.36 bits per heavy atom. The minimum atomic E-state index is -1.07. The quantitative estimate of drug-likeness (QED) is 0.332. The summed E-state index contributed by atoms with van der Waals surface area (Å²) in [7, 11) is 0. The molecule has 2 aromatic carbocycles. The van der Waals surface area contributed by atoms with E-state index in [-0.39, 0.29) is 11.3 Å². The number of carbonyl (C=O) groups is 1. The van der Waals surface area contributed by atoms with Gasteiger partial charge >= 0.3 is 5.97 Å². The molecule has 0 bridgehead atoms. The summed E-state index contributed by atoms with van der Waals surface area (Å²) < 4.78 is 0. The Morgan fingerprint density at radius 1 is 0.821 bits per heavy atom. The zero-order valence-electron chi connectivity index (χ0n) is 17.4. The summed E-state index contributed by atoms with van der Waals surface area (Å²) in [5.41, 5.74) is 0.787. The second-order valence-electron chi connectivity index (χ2n) is 7.92. The van der Waals surface area contributed by atoms with E-state index in [4.69, 9.17) is 0 Å². The van der Waals surface area contributed by atoms with Crippen LogP contribution in [0.2, 0.25) is 0 Å². The molecule has 0 radical (unpaired) electrons. The number of phenols is 1. The summed E-state index contributed by atoms with van der Waals surface area (Å²) in [6.07, 6.45) is 16.2. The van der Waals surface area contributed by atoms with E-state index in [1.165, 1.54) is 64.2 Å². The fourth-order valence-electron chi connectivity index (χ4n) is 3.97. The fraction of sp³-hybridized carbons (Fsp3) is 0.560. The van der Waals surface area contributed by atoms with Crippen LogP contribution in [0.3, 0.4) is 0 Å². The van der Waals surface area contributed by atoms with Gasteiger partial charge in [-0.3, -0.25) is 0 Å². The average Bonchev–Trinajstić information content (AvgIpc) is 2.69. The lowest BCUT2D eigenvalue weighted by Gasteiger charge is -2.12. The summed E-state index contributed by atoms with van der Waals surface area (Å²) in [6.45, 7) is 2.26. The highest BCUT2D eigenvalue weighted by Crippen LogP contribution is 2.32. The Kier molecular flexibility index (Phi) is 9.88. The monoisotopic (exact) mass is 384 g/mol. The highest BCUT2D eigenvalue weighted by atomic mass is 16.4. The van der Waals surface area contributed by atoms with E-state index in [1.54, 1.807) is 6.07 Å². The maximum Gasteiger partial charge on any atom is 0.339 e. The van der Waals surface area contributed by atoms with Gasteiger partial charge in [-0.15, -0.1) is 0 Å². The number of aromatic hydroxyl groups is 1. The van der Waals surface area contributed by atoms with Crippen molar-refractivity contribution in [1.82, 2.24) is 0 Å². The summed E-state index contributed by atoms with van der Waals surface area (Å²) in [6, 6.07) is 9.29. The third kappa shape index (κ3) is 6.85. The van der Waals surface area contributed by atoms with Crippen LogP contribution in [-0.2, 0) is 6.42 Å². The summed E-state index contributed by atoms with van der Waals surface area (Å²) in [4.78, 5) is 11.4. The van der Waals surface area contributed by atoms with Crippen LogP contribution in [0.25, 0.3) is 10.8 Å². The molecule has 2 rings (SSSR count). The number of unbranched alkanes of at least 4 members (excludes halogenated alkanes) is 11. The molecule has 3 heteroatoms. The molecule has 28 heavy (non-hydrogen) atoms. The first-order valence-corrected chi connectivity index (χ1v) is 11.1. The number of carboxylic acid groups (broad SMARTS) is 1. The van der Waals surface area contributed by atoms with Gasteiger partial charge in [0.15, 0.2) is 0 Å². The molecule has 2 N–H and O–H groups in total. The van der Waals surface area contributed by atoms with E-state index in [9.17, 15) is 15.0 Å². The zero-order valence-corrected chi connectivity index (χ0v) is 17.4. The number of rotatable bonds is 14. The molecular formula is C25H36O3. The minimum absolute atomic E-state index is 0.00707. The predicted octanol–water partition coefficient (Wildman–Crippen LogP) is 7.49. The molecule has 0 amide bonds. The first kappa shape index (κ1) is 22.3. The summed E-state index contributed by atoms with van der Waals surface area (Å²) in [5.74, 6) is -1.13. The normalized spacial score (nSPS) is 11.2. The molecule has 0 aliphatic carbocycles. The van der Waals surface area contributed by atoms with Crippen molar-refractivity contribution >= 4 is 16.7 Å². The van der Waals surface area contributed by atoms with Crippen molar-refractivity contribution < 1.29 is 15.0 Å². The van der Waals surface area contributed by atoms with Crippen molar-refractivity contribution in [3.8, 4) is 5.75 Å². The van der Waals surface area contributed by atoms with E-state index < -0.39 is 5.97 Å². The third-order valence-electron chi connectivity index (χ3n) is 5.64. The number of hydrogen-bond donors (Lipinski definition) is 2. The molecule has 3 nitrogen and oxygen atoms in total. The fourth-order valence-corrected chi connectivity index (χ4v) is 3.97. The lowest BCUT2D eigenvalue weighted by Crippen LogP contribution is -2.00. The van der Waals surface area contributed by atoms with Crippen LogP contribution >= 0.6 is 0 Å². The van der Waals surface area contributed by atoms with Gasteiger partial charge in [0.2, 0.25) is 0 Å². The maximum atomic E-state index is 11.4. The van der Waals surface area contributed by atoms with Gasteiger partial charge in [0.25, 0.3) is 0 Å². The van der Waals surface area contributed by atoms with Crippen LogP contribution in [-0.4, -0.2) is 16.2 Å². The highest BCUT2D eigenvalue weighted by Gasteiger charge is 2.16. The highest BCUT2D eigenvalue weighted by molar-refractivity contribution is 5.99. The van der Waals surface area contributed by atoms with Gasteiger partial charge in [-0.1, -0.05) is 102 Å². The molecule has 0 fully saturated rings. The largest absolute Gasteiger partial charge is 0.507 e. The van der Waals surface area contributed by atoms with Gasteiger partial charge < -0.3 is 10.2 Å². The van der Waals surface area contributed by atoms with Crippen LogP contribution in [0.15, 0.2) is 30.3 Å². The Hall–Kier alpha value is -2.03. The first-order chi connectivity index (χ1) is 13.6. The van der Waals surface area contributed by atoms with Crippen LogP contribution in [0.5, 0.6) is 5.75 Å². The van der Waals surface area contributed by atoms with Crippen LogP contribution < -0.4 is 0 Å². The second kappa shape index (κ2) is 12.4. The Balaban J connectivity index is 1.72. The molecule has 0 heterocycles. The van der Waals surface area contributed by atoms with Gasteiger partial charge in [0, 0.05) is 5.56 Å². The Morgan fingerprint density at radius 3 is 1.93 bits per heavy atom. The smallest absolute Gasteiger partial charge is 0.339 e. The number of carboxylic acids is 1. The van der Waals surface area contributed by atoms with Crippen molar-refractivity contribution in [3.05, 3.63) is 41.5 Å². The van der Waals surface area contributed by atoms with Crippen molar-refractivity contribution in [2.75, 3.05) is 0 Å². The van der Waals surface area contributed by atoms with Gasteiger partial charge in [-0.2, -0.15) is 0 Å². The third-order valence-corrected chi connectivity index (χ3v) is 5.64. The lowest BCUT2D eigenvalue weighted by atomic mass is 9.95. The molecule has 2 aromatic rings. The van der Waals surface area contributed by atoms with Crippen molar-refractivity contribution in [3.63, 3.8) is 0 Å². The number of benzene rings is 2. The topological polar surface area (TPSA) is 57.5 Å². The zero-order chi connectivity index (χ0) is 20.2. The van der Waals surface area contributed by atoms with Crippen LogP contribution in [0, 0.1) is 0 Å². The average molecular weight is 385 g/mol. The first-order valence-electron chi connectivity index (χ1n) is 11.1. The summed E-state index contributed by atoms with van der Waals surface area (Å²) in [5, 5.41) is 21.7. The molecular weight excluding hydrogens is 348 g/mol. The molecule has 0 unspecified atom stereocenters. The molecule has 0 aliphatic rings. The molecule has 0 saturated heterocycles. The predicted molar refractivity (Wildman–Crippen MR) is 117 cm³/mol. The van der Waals surface area contributed by atoms with Crippen molar-refractivity contribution in [2.45, 2.75) is 90.4 Å². The lowest BCUT2D eigenvalue weighted by molar-refractivity contribution is 0.0693. The Bertz CT molecular complexity index is 736. The van der Waals surface area contributed by atoms with Gasteiger partial charge in [-0.05, 0) is 29.7 Å².